The summed E-state index contributed by atoms with van der Waals surface area (Å²) in [5.74, 6) is 0.00278. The molecule has 1 N–H and O–H groups in total. The van der Waals surface area contributed by atoms with Gasteiger partial charge in [0.2, 0.25) is 0 Å². The molecule has 1 aromatic rings. The lowest BCUT2D eigenvalue weighted by molar-refractivity contribution is -0.143. The molecule has 1 amide bonds. The molecule has 0 aliphatic carbocycles. The van der Waals surface area contributed by atoms with Gasteiger partial charge in [0, 0.05) is 24.1 Å². The maximum Gasteiger partial charge on any atom is 0.415 e. The minimum absolute atomic E-state index is 0.0320. The predicted molar refractivity (Wildman–Crippen MR) is 86.2 cm³/mol. The summed E-state index contributed by atoms with van der Waals surface area (Å²) in [6, 6.07) is 3.44. The Hall–Kier alpha value is -1.80. The van der Waals surface area contributed by atoms with Crippen molar-refractivity contribution in [3.63, 3.8) is 0 Å². The van der Waals surface area contributed by atoms with Crippen LogP contribution in [0.25, 0.3) is 0 Å². The van der Waals surface area contributed by atoms with Gasteiger partial charge in [-0.1, -0.05) is 13.0 Å². The Balaban J connectivity index is 2.73. The molecule has 1 heterocycles. The second kappa shape index (κ2) is 9.26. The van der Waals surface area contributed by atoms with E-state index < -0.39 is 6.09 Å². The summed E-state index contributed by atoms with van der Waals surface area (Å²) >= 11 is 4.15. The lowest BCUT2D eigenvalue weighted by Crippen LogP contribution is -2.30. The normalized spacial score (nSPS) is 11.6. The molecule has 0 saturated carbocycles. The van der Waals surface area contributed by atoms with Crippen LogP contribution in [0.5, 0.6) is 0 Å². The highest BCUT2D eigenvalue weighted by Crippen LogP contribution is 2.18. The zero-order valence-electron chi connectivity index (χ0n) is 12.9. The van der Waals surface area contributed by atoms with Crippen molar-refractivity contribution in [3.05, 3.63) is 23.9 Å². The number of carbonyl (C=O) groups is 2. The second-order valence-corrected chi connectivity index (χ2v) is 5.54. The number of anilines is 1. The van der Waals surface area contributed by atoms with Crippen LogP contribution >= 0.6 is 12.6 Å². The van der Waals surface area contributed by atoms with Gasteiger partial charge in [0.1, 0.15) is 19.0 Å². The molecule has 1 aromatic heterocycles. The number of nitrogens with zero attached hydrogens (tertiary/aromatic N) is 2. The summed E-state index contributed by atoms with van der Waals surface area (Å²) in [7, 11) is 3.20. The molecular formula is C14H21N3O4S. The zero-order valence-corrected chi connectivity index (χ0v) is 13.8. The molecule has 7 nitrogen and oxygen atoms in total. The van der Waals surface area contributed by atoms with E-state index in [9.17, 15) is 9.59 Å². The number of hydrogen-bond acceptors (Lipinski definition) is 7. The summed E-state index contributed by atoms with van der Waals surface area (Å²) in [4.78, 5) is 28.8. The number of aromatic nitrogens is 1. The number of hydrogen-bond donors (Lipinski definition) is 2. The monoisotopic (exact) mass is 327 g/mol. The van der Waals surface area contributed by atoms with Gasteiger partial charge in [-0.15, -0.1) is 0 Å². The van der Waals surface area contributed by atoms with Crippen molar-refractivity contribution in [1.82, 2.24) is 10.3 Å². The summed E-state index contributed by atoms with van der Waals surface area (Å²) < 4.78 is 10.2. The van der Waals surface area contributed by atoms with Crippen LogP contribution < -0.4 is 10.2 Å². The van der Waals surface area contributed by atoms with Crippen molar-refractivity contribution in [2.24, 2.45) is 0 Å². The minimum Gasteiger partial charge on any atom is -0.460 e. The Labute approximate surface area is 135 Å². The smallest absolute Gasteiger partial charge is 0.415 e. The molecule has 1 rings (SSSR count). The van der Waals surface area contributed by atoms with Crippen molar-refractivity contribution in [2.45, 2.75) is 18.8 Å². The third-order valence-corrected chi connectivity index (χ3v) is 2.77. The predicted octanol–water partition coefficient (Wildman–Crippen LogP) is 1.24. The van der Waals surface area contributed by atoms with E-state index in [2.05, 4.69) is 22.9 Å². The van der Waals surface area contributed by atoms with Gasteiger partial charge in [-0.25, -0.2) is 9.78 Å². The van der Waals surface area contributed by atoms with Crippen LogP contribution in [0.15, 0.2) is 18.3 Å². The molecule has 0 saturated heterocycles. The van der Waals surface area contributed by atoms with Crippen molar-refractivity contribution in [2.75, 3.05) is 32.1 Å². The molecule has 0 spiro atoms. The fourth-order valence-corrected chi connectivity index (χ4v) is 1.65. The van der Waals surface area contributed by atoms with Gasteiger partial charge in [0.25, 0.3) is 0 Å². The topological polar surface area (TPSA) is 80.8 Å². The number of pyridine rings is 1. The first-order valence-corrected chi connectivity index (χ1v) is 7.30. The molecule has 0 radical (unpaired) electrons. The van der Waals surface area contributed by atoms with Crippen LogP contribution in [0.1, 0.15) is 12.5 Å². The number of ether oxygens (including phenoxy) is 2. The van der Waals surface area contributed by atoms with E-state index in [1.807, 2.05) is 6.92 Å². The molecule has 8 heteroatoms. The first kappa shape index (κ1) is 18.2. The molecule has 0 aliphatic rings. The fraction of sp³-hybridized carbons (Fsp3) is 0.500. The van der Waals surface area contributed by atoms with E-state index in [0.29, 0.717) is 11.4 Å². The van der Waals surface area contributed by atoms with E-state index in [1.165, 1.54) is 4.90 Å². The van der Waals surface area contributed by atoms with E-state index in [0.717, 1.165) is 0 Å². The van der Waals surface area contributed by atoms with Gasteiger partial charge in [-0.2, -0.15) is 12.6 Å². The molecule has 0 aromatic carbocycles. The highest BCUT2D eigenvalue weighted by molar-refractivity contribution is 7.80. The SMILES string of the molecule is CNCC(=O)OCc1cccnc1N(C)C(=O)OCC(C)S. The average Bonchev–Trinajstić information content (AvgIpc) is 2.50. The lowest BCUT2D eigenvalue weighted by Gasteiger charge is -2.19. The zero-order chi connectivity index (χ0) is 16.5. The van der Waals surface area contributed by atoms with Gasteiger partial charge in [0.15, 0.2) is 0 Å². The Kier molecular flexibility index (Phi) is 7.69. The van der Waals surface area contributed by atoms with Crippen LogP contribution in [0.4, 0.5) is 10.6 Å². The molecule has 1 unspecified atom stereocenters. The Morgan fingerprint density at radius 3 is 2.82 bits per heavy atom. The number of amides is 1. The summed E-state index contributed by atoms with van der Waals surface area (Å²) in [6.07, 6.45) is 1.02. The van der Waals surface area contributed by atoms with E-state index >= 15 is 0 Å². The number of rotatable bonds is 7. The quantitative estimate of drug-likeness (QED) is 0.579. The van der Waals surface area contributed by atoms with Gasteiger partial charge < -0.3 is 14.8 Å². The fourth-order valence-electron chi connectivity index (χ4n) is 1.57. The summed E-state index contributed by atoms with van der Waals surface area (Å²) in [5.41, 5.74) is 0.616. The van der Waals surface area contributed by atoms with Crippen molar-refractivity contribution in [3.8, 4) is 0 Å². The van der Waals surface area contributed by atoms with Crippen molar-refractivity contribution >= 4 is 30.5 Å². The number of nitrogens with one attached hydrogen (secondary N) is 1. The van der Waals surface area contributed by atoms with E-state index in [4.69, 9.17) is 9.47 Å². The molecular weight excluding hydrogens is 306 g/mol. The Bertz CT molecular complexity index is 511. The van der Waals surface area contributed by atoms with Crippen LogP contribution in [0.3, 0.4) is 0 Å². The standard InChI is InChI=1S/C14H21N3O4S/c1-10(22)8-21-14(19)17(3)13-11(5-4-6-16-13)9-20-12(18)7-15-2/h4-6,10,15,22H,7-9H2,1-3H3. The summed E-state index contributed by atoms with van der Waals surface area (Å²) in [5, 5.41) is 2.65. The van der Waals surface area contributed by atoms with Gasteiger partial charge >= 0.3 is 12.1 Å². The first-order valence-electron chi connectivity index (χ1n) is 6.78. The third kappa shape index (κ3) is 5.90. The molecule has 0 fully saturated rings. The first-order chi connectivity index (χ1) is 10.5. The number of esters is 1. The van der Waals surface area contributed by atoms with Crippen LogP contribution in [-0.4, -0.2) is 49.5 Å². The minimum atomic E-state index is -0.539. The molecule has 1 atom stereocenters. The van der Waals surface area contributed by atoms with Crippen LogP contribution in [0, 0.1) is 0 Å². The lowest BCUT2D eigenvalue weighted by atomic mass is 10.2. The average molecular weight is 327 g/mol. The Morgan fingerprint density at radius 1 is 1.45 bits per heavy atom. The highest BCUT2D eigenvalue weighted by atomic mass is 32.1. The van der Waals surface area contributed by atoms with Crippen LogP contribution in [-0.2, 0) is 20.9 Å². The van der Waals surface area contributed by atoms with Gasteiger partial charge in [-0.3, -0.25) is 9.69 Å². The van der Waals surface area contributed by atoms with E-state index in [1.54, 1.807) is 32.4 Å². The van der Waals surface area contributed by atoms with Crippen molar-refractivity contribution < 1.29 is 19.1 Å². The molecule has 22 heavy (non-hydrogen) atoms. The van der Waals surface area contributed by atoms with Crippen molar-refractivity contribution in [1.29, 1.82) is 0 Å². The maximum atomic E-state index is 12.0. The number of thiol groups is 1. The number of likely N-dealkylation sites (N-methyl/N-ethyl adjacent to an activating group) is 1. The van der Waals surface area contributed by atoms with Gasteiger partial charge in [0.05, 0.1) is 6.54 Å². The van der Waals surface area contributed by atoms with Gasteiger partial charge in [-0.05, 0) is 13.1 Å². The summed E-state index contributed by atoms with van der Waals surface area (Å²) in [6.45, 7) is 2.17. The maximum absolute atomic E-state index is 12.0. The number of carbonyl (C=O) groups excluding carboxylic acids is 2. The third-order valence-electron chi connectivity index (χ3n) is 2.62. The highest BCUT2D eigenvalue weighted by Gasteiger charge is 2.18. The molecule has 0 bridgehead atoms. The Morgan fingerprint density at radius 2 is 2.18 bits per heavy atom. The molecule has 0 aliphatic heterocycles. The largest absolute Gasteiger partial charge is 0.460 e. The van der Waals surface area contributed by atoms with E-state index in [-0.39, 0.29) is 31.0 Å². The van der Waals surface area contributed by atoms with Crippen LogP contribution in [0.2, 0.25) is 0 Å². The molecule has 122 valence electrons. The second-order valence-electron chi connectivity index (χ2n) is 4.66.